The molecule has 1 heteroatoms. The molecule has 0 heterocycles. The van der Waals surface area contributed by atoms with E-state index >= 15 is 0 Å². The quantitative estimate of drug-likeness (QED) is 0.542. The monoisotopic (exact) mass is 137 g/mol. The molecule has 0 atom stereocenters. The Kier molecular flexibility index (Phi) is 1.34. The summed E-state index contributed by atoms with van der Waals surface area (Å²) in [5, 5.41) is 3.42. The van der Waals surface area contributed by atoms with Crippen molar-refractivity contribution in [2.45, 2.75) is 31.2 Å². The smallest absolute Gasteiger partial charge is 0.0362 e. The van der Waals surface area contributed by atoms with E-state index in [1.165, 1.54) is 25.7 Å². The van der Waals surface area contributed by atoms with Gasteiger partial charge in [-0.2, -0.15) is 0 Å². The topological polar surface area (TPSA) is 12.0 Å². The summed E-state index contributed by atoms with van der Waals surface area (Å²) in [6.45, 7) is 0. The van der Waals surface area contributed by atoms with Gasteiger partial charge in [-0.3, -0.25) is 0 Å². The molecule has 0 aromatic carbocycles. The fourth-order valence-corrected chi connectivity index (χ4v) is 2.17. The highest BCUT2D eigenvalue weighted by molar-refractivity contribution is 5.16. The Labute approximate surface area is 62.5 Å². The molecule has 1 fully saturated rings. The minimum absolute atomic E-state index is 0.398. The zero-order valence-electron chi connectivity index (χ0n) is 6.56. The molecule has 0 saturated heterocycles. The fourth-order valence-electron chi connectivity index (χ4n) is 2.17. The first-order valence-electron chi connectivity index (χ1n) is 4.23. The summed E-state index contributed by atoms with van der Waals surface area (Å²) < 4.78 is 0. The van der Waals surface area contributed by atoms with Gasteiger partial charge in [0, 0.05) is 5.54 Å². The highest BCUT2D eigenvalue weighted by atomic mass is 14.9. The van der Waals surface area contributed by atoms with Crippen LogP contribution in [0.15, 0.2) is 12.2 Å². The second kappa shape index (κ2) is 2.09. The fraction of sp³-hybridized carbons (Fsp3) is 0.778. The Morgan fingerprint density at radius 3 is 2.40 bits per heavy atom. The van der Waals surface area contributed by atoms with E-state index < -0.39 is 0 Å². The zero-order chi connectivity index (χ0) is 7.03. The van der Waals surface area contributed by atoms with Crippen molar-refractivity contribution in [1.29, 1.82) is 0 Å². The third kappa shape index (κ3) is 0.807. The molecular weight excluding hydrogens is 122 g/mol. The number of hydrogen-bond acceptors (Lipinski definition) is 1. The normalized spacial score (nSPS) is 44.3. The average Bonchev–Trinajstić information content (AvgIpc) is 2.08. The van der Waals surface area contributed by atoms with Crippen LogP contribution < -0.4 is 5.32 Å². The van der Waals surface area contributed by atoms with Crippen LogP contribution in [0.4, 0.5) is 0 Å². The van der Waals surface area contributed by atoms with Crippen molar-refractivity contribution in [2.75, 3.05) is 7.05 Å². The van der Waals surface area contributed by atoms with E-state index in [2.05, 4.69) is 24.5 Å². The van der Waals surface area contributed by atoms with Crippen LogP contribution in [0.25, 0.3) is 0 Å². The van der Waals surface area contributed by atoms with Crippen molar-refractivity contribution in [3.05, 3.63) is 12.2 Å². The third-order valence-electron chi connectivity index (χ3n) is 3.11. The van der Waals surface area contributed by atoms with Gasteiger partial charge in [-0.25, -0.2) is 0 Å². The molecule has 0 amide bonds. The molecule has 2 bridgehead atoms. The largest absolute Gasteiger partial charge is 0.311 e. The molecule has 0 aliphatic heterocycles. The lowest BCUT2D eigenvalue weighted by atomic mass is 9.71. The van der Waals surface area contributed by atoms with Crippen LogP contribution in [0.3, 0.4) is 0 Å². The van der Waals surface area contributed by atoms with Crippen LogP contribution in [0.5, 0.6) is 0 Å². The lowest BCUT2D eigenvalue weighted by molar-refractivity contribution is 0.247. The summed E-state index contributed by atoms with van der Waals surface area (Å²) in [5.74, 6) is 0.912. The number of rotatable bonds is 1. The van der Waals surface area contributed by atoms with Crippen molar-refractivity contribution < 1.29 is 0 Å². The van der Waals surface area contributed by atoms with Gasteiger partial charge in [0.05, 0.1) is 0 Å². The van der Waals surface area contributed by atoms with Crippen molar-refractivity contribution in [1.82, 2.24) is 5.32 Å². The summed E-state index contributed by atoms with van der Waals surface area (Å²) in [7, 11) is 2.08. The van der Waals surface area contributed by atoms with Gasteiger partial charge in [-0.15, -0.1) is 0 Å². The Balaban J connectivity index is 2.22. The molecular formula is C9H15N. The average molecular weight is 137 g/mol. The van der Waals surface area contributed by atoms with E-state index in [9.17, 15) is 0 Å². The first-order chi connectivity index (χ1) is 4.85. The van der Waals surface area contributed by atoms with E-state index in [-0.39, 0.29) is 0 Å². The van der Waals surface area contributed by atoms with Crippen LogP contribution in [0, 0.1) is 5.92 Å². The van der Waals surface area contributed by atoms with E-state index in [4.69, 9.17) is 0 Å². The number of fused-ring (bicyclic) bond motifs is 2. The lowest BCUT2D eigenvalue weighted by Gasteiger charge is -2.41. The van der Waals surface area contributed by atoms with Gasteiger partial charge in [0.25, 0.3) is 0 Å². The first kappa shape index (κ1) is 6.41. The van der Waals surface area contributed by atoms with E-state index in [0.717, 1.165) is 5.92 Å². The van der Waals surface area contributed by atoms with Crippen LogP contribution >= 0.6 is 0 Å². The molecule has 1 saturated carbocycles. The number of likely N-dealkylation sites (N-methyl/N-ethyl adjacent to an activating group) is 1. The molecule has 0 aromatic rings. The standard InChI is InChI=1S/C9H15N/c1-10-9-5-2-8(3-6-9)4-7-9/h2,5,8,10H,3-4,6-7H2,1H3. The molecule has 0 radical (unpaired) electrons. The Morgan fingerprint density at radius 1 is 1.40 bits per heavy atom. The summed E-state index contributed by atoms with van der Waals surface area (Å²) >= 11 is 0. The molecule has 0 aromatic heterocycles. The predicted octanol–water partition coefficient (Wildman–Crippen LogP) is 1.70. The van der Waals surface area contributed by atoms with E-state index in [1.807, 2.05) is 0 Å². The predicted molar refractivity (Wildman–Crippen MR) is 42.9 cm³/mol. The highest BCUT2D eigenvalue weighted by Crippen LogP contribution is 2.38. The minimum atomic E-state index is 0.398. The molecule has 3 rings (SSSR count). The summed E-state index contributed by atoms with van der Waals surface area (Å²) in [5.41, 5.74) is 0.398. The van der Waals surface area contributed by atoms with Crippen molar-refractivity contribution in [2.24, 2.45) is 5.92 Å². The number of nitrogens with one attached hydrogen (secondary N) is 1. The maximum atomic E-state index is 3.42. The molecule has 0 spiro atoms. The van der Waals surface area contributed by atoms with Gasteiger partial charge in [0.1, 0.15) is 0 Å². The first-order valence-corrected chi connectivity index (χ1v) is 4.23. The van der Waals surface area contributed by atoms with Crippen molar-refractivity contribution in [3.63, 3.8) is 0 Å². The van der Waals surface area contributed by atoms with Gasteiger partial charge in [0.15, 0.2) is 0 Å². The third-order valence-corrected chi connectivity index (χ3v) is 3.11. The van der Waals surface area contributed by atoms with Crippen LogP contribution in [0.1, 0.15) is 25.7 Å². The summed E-state index contributed by atoms with van der Waals surface area (Å²) in [6.07, 6.45) is 10.3. The van der Waals surface area contributed by atoms with Gasteiger partial charge >= 0.3 is 0 Å². The van der Waals surface area contributed by atoms with Crippen LogP contribution in [0.2, 0.25) is 0 Å². The maximum absolute atomic E-state index is 3.42. The maximum Gasteiger partial charge on any atom is 0.0362 e. The number of allylic oxidation sites excluding steroid dienone is 1. The SMILES string of the molecule is CNC12C=CC(CC1)CC2. The van der Waals surface area contributed by atoms with Gasteiger partial charge in [0.2, 0.25) is 0 Å². The molecule has 0 unspecified atom stereocenters. The molecule has 3 aliphatic rings. The zero-order valence-corrected chi connectivity index (χ0v) is 6.56. The van der Waals surface area contributed by atoms with E-state index in [0.29, 0.717) is 5.54 Å². The van der Waals surface area contributed by atoms with Gasteiger partial charge in [-0.05, 0) is 38.6 Å². The molecule has 56 valence electrons. The number of hydrogen-bond donors (Lipinski definition) is 1. The Bertz CT molecular complexity index is 152. The Morgan fingerprint density at radius 2 is 2.10 bits per heavy atom. The second-order valence-electron chi connectivity index (χ2n) is 3.60. The summed E-state index contributed by atoms with van der Waals surface area (Å²) in [4.78, 5) is 0. The van der Waals surface area contributed by atoms with E-state index in [1.54, 1.807) is 0 Å². The van der Waals surface area contributed by atoms with Gasteiger partial charge in [-0.1, -0.05) is 12.2 Å². The van der Waals surface area contributed by atoms with Crippen molar-refractivity contribution in [3.8, 4) is 0 Å². The Hall–Kier alpha value is -0.300. The van der Waals surface area contributed by atoms with Crippen LogP contribution in [-0.4, -0.2) is 12.6 Å². The molecule has 3 aliphatic carbocycles. The summed E-state index contributed by atoms with van der Waals surface area (Å²) in [6, 6.07) is 0. The lowest BCUT2D eigenvalue weighted by Crippen LogP contribution is -2.46. The highest BCUT2D eigenvalue weighted by Gasteiger charge is 2.34. The second-order valence-corrected chi connectivity index (χ2v) is 3.60. The molecule has 1 N–H and O–H groups in total. The minimum Gasteiger partial charge on any atom is -0.311 e. The van der Waals surface area contributed by atoms with Crippen LogP contribution in [-0.2, 0) is 0 Å². The molecule has 10 heavy (non-hydrogen) atoms. The molecule has 1 nitrogen and oxygen atoms in total. The van der Waals surface area contributed by atoms with Crippen molar-refractivity contribution >= 4 is 0 Å². The van der Waals surface area contributed by atoms with Gasteiger partial charge < -0.3 is 5.32 Å².